The molecule has 0 saturated carbocycles. The van der Waals surface area contributed by atoms with E-state index in [9.17, 15) is 14.0 Å². The van der Waals surface area contributed by atoms with Gasteiger partial charge in [0.1, 0.15) is 0 Å². The zero-order chi connectivity index (χ0) is 17.1. The topological polar surface area (TPSA) is 64.0 Å². The number of carbonyl (C=O) groups is 1. The average molecular weight is 327 g/mol. The predicted octanol–water partition coefficient (Wildman–Crippen LogP) is 1.86. The van der Waals surface area contributed by atoms with Gasteiger partial charge in [0.2, 0.25) is 0 Å². The quantitative estimate of drug-likeness (QED) is 0.872. The van der Waals surface area contributed by atoms with Crippen LogP contribution in [-0.4, -0.2) is 21.5 Å². The number of rotatable bonds is 4. The van der Waals surface area contributed by atoms with E-state index in [4.69, 9.17) is 0 Å². The van der Waals surface area contributed by atoms with Gasteiger partial charge < -0.3 is 9.88 Å². The Kier molecular flexibility index (Phi) is 4.55. The minimum Gasteiger partial charge on any atom is -0.349 e. The summed E-state index contributed by atoms with van der Waals surface area (Å²) in [5.74, 6) is -1.08. The van der Waals surface area contributed by atoms with Gasteiger partial charge in [0.05, 0.1) is 11.8 Å². The molecule has 3 rings (SSSR count). The molecule has 0 radical (unpaired) electrons. The van der Waals surface area contributed by atoms with Crippen molar-refractivity contribution in [2.24, 2.45) is 0 Å². The number of carbonyl (C=O) groups excluding carboxylic acids is 1. The number of hydrogen-bond donors (Lipinski definition) is 1. The van der Waals surface area contributed by atoms with Crippen LogP contribution in [0.1, 0.15) is 28.0 Å². The van der Waals surface area contributed by atoms with E-state index in [1.165, 1.54) is 18.3 Å². The van der Waals surface area contributed by atoms with Crippen LogP contribution < -0.4 is 10.9 Å². The number of pyridine rings is 2. The maximum Gasteiger partial charge on any atom is 0.254 e. The van der Waals surface area contributed by atoms with Crippen molar-refractivity contribution in [3.05, 3.63) is 76.2 Å². The van der Waals surface area contributed by atoms with Crippen LogP contribution in [0.2, 0.25) is 0 Å². The fourth-order valence-electron chi connectivity index (χ4n) is 3.10. The molecule has 2 aromatic rings. The molecular weight excluding hydrogens is 309 g/mol. The summed E-state index contributed by atoms with van der Waals surface area (Å²) in [4.78, 5) is 27.8. The van der Waals surface area contributed by atoms with Gasteiger partial charge in [0.15, 0.2) is 5.82 Å². The van der Waals surface area contributed by atoms with Gasteiger partial charge in [-0.25, -0.2) is 4.39 Å². The number of allylic oxidation sites excluding steroid dienone is 1. The van der Waals surface area contributed by atoms with Gasteiger partial charge in [0.25, 0.3) is 11.5 Å². The third kappa shape index (κ3) is 3.13. The Balaban J connectivity index is 1.77. The van der Waals surface area contributed by atoms with E-state index in [0.717, 1.165) is 17.5 Å². The molecule has 0 bridgehead atoms. The molecule has 1 amide bonds. The molecule has 1 N–H and O–H groups in total. The van der Waals surface area contributed by atoms with Crippen molar-refractivity contribution >= 4 is 5.91 Å². The lowest BCUT2D eigenvalue weighted by molar-refractivity contribution is 0.0929. The summed E-state index contributed by atoms with van der Waals surface area (Å²) in [5, 5.41) is 2.87. The summed E-state index contributed by atoms with van der Waals surface area (Å²) >= 11 is 0. The van der Waals surface area contributed by atoms with E-state index < -0.39 is 11.7 Å². The summed E-state index contributed by atoms with van der Waals surface area (Å²) in [5.41, 5.74) is 1.97. The normalized spacial score (nSPS) is 16.3. The summed E-state index contributed by atoms with van der Waals surface area (Å²) in [6, 6.07) is 4.62. The number of fused-ring (bicyclic) bond motifs is 1. The van der Waals surface area contributed by atoms with Crippen LogP contribution in [0.25, 0.3) is 0 Å². The molecule has 124 valence electrons. The van der Waals surface area contributed by atoms with Crippen molar-refractivity contribution in [1.29, 1.82) is 0 Å². The fourth-order valence-corrected chi connectivity index (χ4v) is 3.10. The van der Waals surface area contributed by atoms with Gasteiger partial charge in [-0.2, -0.15) is 0 Å². The monoisotopic (exact) mass is 327 g/mol. The maximum absolute atomic E-state index is 13.6. The molecule has 2 aromatic heterocycles. The van der Waals surface area contributed by atoms with E-state index in [1.807, 2.05) is 6.07 Å². The molecule has 0 fully saturated rings. The van der Waals surface area contributed by atoms with Crippen LogP contribution in [0.5, 0.6) is 0 Å². The molecule has 1 aliphatic rings. The Labute approximate surface area is 138 Å². The molecule has 0 unspecified atom stereocenters. The number of hydrogen-bond acceptors (Lipinski definition) is 3. The third-order valence-corrected chi connectivity index (χ3v) is 4.25. The van der Waals surface area contributed by atoms with Crippen LogP contribution in [0.4, 0.5) is 4.39 Å². The SMILES string of the molecule is C=CCn1c2c(ccc1=O)C[C@H](NC(=O)c1ccncc1F)CC2. The molecule has 0 aliphatic heterocycles. The lowest BCUT2D eigenvalue weighted by Gasteiger charge is -2.27. The van der Waals surface area contributed by atoms with Gasteiger partial charge in [-0.1, -0.05) is 12.1 Å². The Morgan fingerprint density at radius 1 is 1.46 bits per heavy atom. The number of nitrogens with zero attached hydrogens (tertiary/aromatic N) is 2. The van der Waals surface area contributed by atoms with E-state index >= 15 is 0 Å². The van der Waals surface area contributed by atoms with Crippen LogP contribution in [0.3, 0.4) is 0 Å². The molecule has 2 heterocycles. The second-order valence-corrected chi connectivity index (χ2v) is 5.81. The largest absolute Gasteiger partial charge is 0.349 e. The van der Waals surface area contributed by atoms with Crippen molar-refractivity contribution in [3.63, 3.8) is 0 Å². The number of aromatic nitrogens is 2. The molecule has 1 atom stereocenters. The zero-order valence-corrected chi connectivity index (χ0v) is 13.2. The van der Waals surface area contributed by atoms with Gasteiger partial charge in [-0.15, -0.1) is 6.58 Å². The van der Waals surface area contributed by atoms with Gasteiger partial charge >= 0.3 is 0 Å². The first-order valence-corrected chi connectivity index (χ1v) is 7.83. The first kappa shape index (κ1) is 16.1. The average Bonchev–Trinajstić information content (AvgIpc) is 2.58. The lowest BCUT2D eigenvalue weighted by Crippen LogP contribution is -2.40. The van der Waals surface area contributed by atoms with E-state index in [-0.39, 0.29) is 17.2 Å². The van der Waals surface area contributed by atoms with E-state index in [1.54, 1.807) is 10.6 Å². The zero-order valence-electron chi connectivity index (χ0n) is 13.2. The highest BCUT2D eigenvalue weighted by Gasteiger charge is 2.23. The highest BCUT2D eigenvalue weighted by molar-refractivity contribution is 5.94. The fraction of sp³-hybridized carbons (Fsp3) is 0.278. The molecule has 5 nitrogen and oxygen atoms in total. The van der Waals surface area contributed by atoms with Crippen molar-refractivity contribution in [2.75, 3.05) is 0 Å². The number of nitrogens with one attached hydrogen (secondary N) is 1. The molecule has 0 aromatic carbocycles. The number of amides is 1. The molecule has 0 saturated heterocycles. The van der Waals surface area contributed by atoms with Gasteiger partial charge in [0, 0.05) is 30.5 Å². The molecule has 24 heavy (non-hydrogen) atoms. The van der Waals surface area contributed by atoms with Crippen molar-refractivity contribution in [1.82, 2.24) is 14.9 Å². The summed E-state index contributed by atoms with van der Waals surface area (Å²) in [7, 11) is 0. The summed E-state index contributed by atoms with van der Waals surface area (Å²) in [6.07, 6.45) is 6.11. The van der Waals surface area contributed by atoms with Crippen LogP contribution in [0.15, 0.2) is 48.0 Å². The standard InChI is InChI=1S/C18H18FN3O2/c1-2-9-22-16-5-4-13(10-12(16)3-6-17(22)23)21-18(24)14-7-8-20-11-15(14)19/h2-3,6-8,11,13H,1,4-5,9-10H2,(H,21,24)/t13-/m1/s1. The third-order valence-electron chi connectivity index (χ3n) is 4.25. The second-order valence-electron chi connectivity index (χ2n) is 5.81. The van der Waals surface area contributed by atoms with Gasteiger partial charge in [-0.3, -0.25) is 14.6 Å². The summed E-state index contributed by atoms with van der Waals surface area (Å²) < 4.78 is 15.4. The van der Waals surface area contributed by atoms with Crippen LogP contribution in [-0.2, 0) is 19.4 Å². The molecule has 1 aliphatic carbocycles. The lowest BCUT2D eigenvalue weighted by atomic mass is 9.91. The summed E-state index contributed by atoms with van der Waals surface area (Å²) in [6.45, 7) is 4.16. The van der Waals surface area contributed by atoms with Crippen molar-refractivity contribution in [3.8, 4) is 0 Å². The van der Waals surface area contributed by atoms with Crippen molar-refractivity contribution < 1.29 is 9.18 Å². The smallest absolute Gasteiger partial charge is 0.254 e. The highest BCUT2D eigenvalue weighted by Crippen LogP contribution is 2.21. The van der Waals surface area contributed by atoms with Gasteiger partial charge in [-0.05, 0) is 30.9 Å². The highest BCUT2D eigenvalue weighted by atomic mass is 19.1. The Hall–Kier alpha value is -2.76. The first-order valence-electron chi connectivity index (χ1n) is 7.83. The van der Waals surface area contributed by atoms with E-state index in [0.29, 0.717) is 25.8 Å². The van der Waals surface area contributed by atoms with E-state index in [2.05, 4.69) is 16.9 Å². The second kappa shape index (κ2) is 6.78. The minimum absolute atomic E-state index is 0.00701. The molecular formula is C18H18FN3O2. The Morgan fingerprint density at radius 2 is 2.29 bits per heavy atom. The van der Waals surface area contributed by atoms with Crippen LogP contribution >= 0.6 is 0 Å². The van der Waals surface area contributed by atoms with Crippen LogP contribution in [0, 0.1) is 5.82 Å². The minimum atomic E-state index is -0.633. The maximum atomic E-state index is 13.6. The number of halogens is 1. The first-order chi connectivity index (χ1) is 11.6. The molecule has 6 heteroatoms. The Morgan fingerprint density at radius 3 is 3.04 bits per heavy atom. The van der Waals surface area contributed by atoms with Crippen molar-refractivity contribution in [2.45, 2.75) is 31.8 Å². The predicted molar refractivity (Wildman–Crippen MR) is 88.4 cm³/mol. The molecule has 0 spiro atoms. The Bertz CT molecular complexity index is 844.